The quantitative estimate of drug-likeness (QED) is 0.906. The van der Waals surface area contributed by atoms with Crippen LogP contribution in [-0.2, 0) is 19.5 Å². The van der Waals surface area contributed by atoms with Gasteiger partial charge in [0.15, 0.2) is 11.5 Å². The molecule has 1 aromatic carbocycles. The summed E-state index contributed by atoms with van der Waals surface area (Å²) in [6.45, 7) is 3.68. The molecule has 0 atom stereocenters. The van der Waals surface area contributed by atoms with E-state index < -0.39 is 0 Å². The summed E-state index contributed by atoms with van der Waals surface area (Å²) in [6, 6.07) is 5.50. The highest BCUT2D eigenvalue weighted by Crippen LogP contribution is 2.26. The first-order valence-electron chi connectivity index (χ1n) is 6.71. The molecular formula is C14H18N4O2. The second-order valence-corrected chi connectivity index (χ2v) is 4.97. The van der Waals surface area contributed by atoms with Gasteiger partial charge >= 0.3 is 0 Å². The summed E-state index contributed by atoms with van der Waals surface area (Å²) < 4.78 is 7.26. The van der Waals surface area contributed by atoms with Crippen molar-refractivity contribution in [2.45, 2.75) is 19.5 Å². The van der Waals surface area contributed by atoms with Crippen molar-refractivity contribution in [3.63, 3.8) is 0 Å². The van der Waals surface area contributed by atoms with Crippen LogP contribution in [-0.4, -0.2) is 45.0 Å². The van der Waals surface area contributed by atoms with Gasteiger partial charge in [-0.2, -0.15) is 0 Å². The van der Waals surface area contributed by atoms with E-state index in [1.165, 1.54) is 0 Å². The first-order valence-corrected chi connectivity index (χ1v) is 6.71. The van der Waals surface area contributed by atoms with Crippen molar-refractivity contribution < 1.29 is 9.84 Å². The third-order valence-electron chi connectivity index (χ3n) is 3.65. The predicted molar refractivity (Wildman–Crippen MR) is 73.7 cm³/mol. The van der Waals surface area contributed by atoms with Crippen molar-refractivity contribution in [1.82, 2.24) is 19.7 Å². The minimum absolute atomic E-state index is 0.179. The molecule has 1 N–H and O–H groups in total. The molecule has 3 rings (SSSR count). The van der Waals surface area contributed by atoms with Crippen LogP contribution in [0.15, 0.2) is 24.5 Å². The Morgan fingerprint density at radius 2 is 2.20 bits per heavy atom. The van der Waals surface area contributed by atoms with Crippen molar-refractivity contribution in [2.24, 2.45) is 0 Å². The largest absolute Gasteiger partial charge is 0.504 e. The number of fused-ring (bicyclic) bond motifs is 1. The Morgan fingerprint density at radius 3 is 3.05 bits per heavy atom. The molecule has 2 heterocycles. The number of ether oxygens (including phenoxy) is 1. The summed E-state index contributed by atoms with van der Waals surface area (Å²) >= 11 is 0. The van der Waals surface area contributed by atoms with Crippen molar-refractivity contribution in [2.75, 3.05) is 20.2 Å². The minimum Gasteiger partial charge on any atom is -0.504 e. The molecular weight excluding hydrogens is 256 g/mol. The zero-order valence-electron chi connectivity index (χ0n) is 11.5. The lowest BCUT2D eigenvalue weighted by Gasteiger charge is -2.19. The van der Waals surface area contributed by atoms with Gasteiger partial charge in [-0.3, -0.25) is 4.90 Å². The summed E-state index contributed by atoms with van der Waals surface area (Å²) in [5, 5.41) is 17.7. The van der Waals surface area contributed by atoms with Gasteiger partial charge in [0.2, 0.25) is 0 Å². The average Bonchev–Trinajstić information content (AvgIpc) is 2.83. The highest BCUT2D eigenvalue weighted by atomic mass is 16.5. The molecule has 0 saturated carbocycles. The molecule has 6 nitrogen and oxygen atoms in total. The normalized spacial score (nSPS) is 15.7. The number of aromatic hydroxyl groups is 1. The molecule has 20 heavy (non-hydrogen) atoms. The minimum atomic E-state index is 0.179. The van der Waals surface area contributed by atoms with Crippen molar-refractivity contribution in [1.29, 1.82) is 0 Å². The van der Waals surface area contributed by atoms with Crippen molar-refractivity contribution in [3.05, 3.63) is 35.9 Å². The van der Waals surface area contributed by atoms with Crippen LogP contribution >= 0.6 is 0 Å². The Kier molecular flexibility index (Phi) is 3.56. The Hall–Kier alpha value is -2.08. The number of benzene rings is 1. The van der Waals surface area contributed by atoms with E-state index in [1.54, 1.807) is 19.5 Å². The second kappa shape index (κ2) is 5.50. The molecule has 1 aliphatic rings. The molecule has 1 aromatic heterocycles. The van der Waals surface area contributed by atoms with E-state index in [4.69, 9.17) is 4.74 Å². The lowest BCUT2D eigenvalue weighted by molar-refractivity contribution is 0.270. The van der Waals surface area contributed by atoms with E-state index in [-0.39, 0.29) is 5.75 Å². The van der Waals surface area contributed by atoms with E-state index in [0.29, 0.717) is 5.75 Å². The average molecular weight is 274 g/mol. The number of methoxy groups -OCH3 is 1. The van der Waals surface area contributed by atoms with Crippen LogP contribution in [0.5, 0.6) is 11.5 Å². The third kappa shape index (κ3) is 2.60. The van der Waals surface area contributed by atoms with E-state index >= 15 is 0 Å². The highest BCUT2D eigenvalue weighted by Gasteiger charge is 2.15. The Bertz CT molecular complexity index is 574. The molecule has 1 aliphatic heterocycles. The highest BCUT2D eigenvalue weighted by molar-refractivity contribution is 5.41. The van der Waals surface area contributed by atoms with E-state index in [9.17, 15) is 5.11 Å². The molecule has 0 radical (unpaired) electrons. The van der Waals surface area contributed by atoms with Gasteiger partial charge < -0.3 is 14.4 Å². The van der Waals surface area contributed by atoms with Crippen LogP contribution in [0.4, 0.5) is 0 Å². The molecule has 0 fully saturated rings. The Balaban J connectivity index is 1.68. The van der Waals surface area contributed by atoms with E-state index in [2.05, 4.69) is 19.7 Å². The van der Waals surface area contributed by atoms with E-state index in [0.717, 1.165) is 44.0 Å². The lowest BCUT2D eigenvalue weighted by Crippen LogP contribution is -2.26. The van der Waals surface area contributed by atoms with Crippen molar-refractivity contribution >= 4 is 0 Å². The third-order valence-corrected chi connectivity index (χ3v) is 3.65. The van der Waals surface area contributed by atoms with Gasteiger partial charge in [0.1, 0.15) is 12.2 Å². The van der Waals surface area contributed by atoms with Gasteiger partial charge in [-0.1, -0.05) is 6.07 Å². The summed E-state index contributed by atoms with van der Waals surface area (Å²) in [7, 11) is 1.57. The van der Waals surface area contributed by atoms with Gasteiger partial charge in [-0.25, -0.2) is 0 Å². The van der Waals surface area contributed by atoms with Gasteiger partial charge in [0, 0.05) is 32.6 Å². The van der Waals surface area contributed by atoms with Crippen LogP contribution in [0, 0.1) is 0 Å². The smallest absolute Gasteiger partial charge is 0.160 e. The molecule has 0 amide bonds. The Labute approximate surface area is 117 Å². The van der Waals surface area contributed by atoms with Crippen molar-refractivity contribution in [3.8, 4) is 11.5 Å². The standard InChI is InChI=1S/C14H18N4O2/c1-20-13-8-11(2-3-12(13)19)9-17-5-4-14-16-15-10-18(14)7-6-17/h2-3,8,10,19H,4-7,9H2,1H3. The van der Waals surface area contributed by atoms with Gasteiger partial charge in [-0.15, -0.1) is 10.2 Å². The second-order valence-electron chi connectivity index (χ2n) is 4.97. The van der Waals surface area contributed by atoms with Gasteiger partial charge in [-0.05, 0) is 17.7 Å². The molecule has 6 heteroatoms. The lowest BCUT2D eigenvalue weighted by atomic mass is 10.2. The molecule has 0 unspecified atom stereocenters. The number of rotatable bonds is 3. The first kappa shape index (κ1) is 12.9. The summed E-state index contributed by atoms with van der Waals surface area (Å²) in [4.78, 5) is 2.38. The maximum absolute atomic E-state index is 9.62. The molecule has 0 spiro atoms. The number of phenolic OH excluding ortho intramolecular Hbond substituents is 1. The summed E-state index contributed by atoms with van der Waals surface area (Å²) in [5.41, 5.74) is 1.14. The fourth-order valence-corrected chi connectivity index (χ4v) is 2.52. The molecule has 106 valence electrons. The predicted octanol–water partition coefficient (Wildman–Crippen LogP) is 1.05. The number of aromatic nitrogens is 3. The van der Waals surface area contributed by atoms with Gasteiger partial charge in [0.25, 0.3) is 0 Å². The van der Waals surface area contributed by atoms with E-state index in [1.807, 2.05) is 12.1 Å². The molecule has 2 aromatic rings. The van der Waals surface area contributed by atoms with Gasteiger partial charge in [0.05, 0.1) is 7.11 Å². The summed E-state index contributed by atoms with van der Waals surface area (Å²) in [6.07, 6.45) is 2.71. The monoisotopic (exact) mass is 274 g/mol. The Morgan fingerprint density at radius 1 is 1.30 bits per heavy atom. The maximum Gasteiger partial charge on any atom is 0.160 e. The number of nitrogens with zero attached hydrogens (tertiary/aromatic N) is 4. The van der Waals surface area contributed by atoms with Crippen LogP contribution in [0.1, 0.15) is 11.4 Å². The molecule has 0 bridgehead atoms. The zero-order valence-corrected chi connectivity index (χ0v) is 11.5. The van der Waals surface area contributed by atoms with Crippen LogP contribution in [0.25, 0.3) is 0 Å². The SMILES string of the molecule is COc1cc(CN2CCc3nncn3CC2)ccc1O. The molecule has 0 aliphatic carbocycles. The first-order chi connectivity index (χ1) is 9.76. The zero-order chi connectivity index (χ0) is 13.9. The fraction of sp³-hybridized carbons (Fsp3) is 0.429. The van der Waals surface area contributed by atoms with Crippen LogP contribution in [0.3, 0.4) is 0 Å². The molecule has 0 saturated heterocycles. The number of hydrogen-bond acceptors (Lipinski definition) is 5. The topological polar surface area (TPSA) is 63.4 Å². The van der Waals surface area contributed by atoms with Crippen LogP contribution in [0.2, 0.25) is 0 Å². The fourth-order valence-electron chi connectivity index (χ4n) is 2.52. The maximum atomic E-state index is 9.62. The number of phenols is 1. The number of hydrogen-bond donors (Lipinski definition) is 1. The summed E-state index contributed by atoms with van der Waals surface area (Å²) in [5.74, 6) is 1.75. The van der Waals surface area contributed by atoms with Crippen LogP contribution < -0.4 is 4.74 Å².